The first-order chi connectivity index (χ1) is 7.19. The highest BCUT2D eigenvalue weighted by Gasteiger charge is 2.57. The summed E-state index contributed by atoms with van der Waals surface area (Å²) in [5.74, 6) is 0. The molecule has 0 saturated heterocycles. The average Bonchev–Trinajstić information content (AvgIpc) is 2.14. The summed E-state index contributed by atoms with van der Waals surface area (Å²) in [6, 6.07) is 3.45. The lowest BCUT2D eigenvalue weighted by Crippen LogP contribution is -2.54. The second kappa shape index (κ2) is 4.24. The maximum Gasteiger partial charge on any atom is 0.422 e. The monoisotopic (exact) mass is 253 g/mol. The van der Waals surface area contributed by atoms with Crippen molar-refractivity contribution in [3.63, 3.8) is 0 Å². The zero-order valence-corrected chi connectivity index (χ0v) is 9.18. The topological polar surface area (TPSA) is 46.2 Å². The highest BCUT2D eigenvalue weighted by molar-refractivity contribution is 6.30. The third-order valence-corrected chi connectivity index (χ3v) is 2.59. The molecule has 0 aliphatic rings. The van der Waals surface area contributed by atoms with Gasteiger partial charge in [0.1, 0.15) is 0 Å². The van der Waals surface area contributed by atoms with Gasteiger partial charge in [-0.15, -0.1) is 0 Å². The van der Waals surface area contributed by atoms with Crippen LogP contribution in [0.15, 0.2) is 24.3 Å². The standard InChI is InChI=1S/C10H11ClF3NO/c1-6(15)9(16,10(12,13)14)7-3-2-4-8(11)5-7/h2-6,16H,15H2,1H3. The van der Waals surface area contributed by atoms with Gasteiger partial charge in [-0.2, -0.15) is 13.2 Å². The molecule has 0 bridgehead atoms. The van der Waals surface area contributed by atoms with E-state index in [1.165, 1.54) is 12.1 Å². The fourth-order valence-electron chi connectivity index (χ4n) is 1.41. The largest absolute Gasteiger partial charge is 0.422 e. The van der Waals surface area contributed by atoms with Gasteiger partial charge in [0, 0.05) is 11.1 Å². The van der Waals surface area contributed by atoms with Crippen LogP contribution in [0.1, 0.15) is 12.5 Å². The molecule has 0 aliphatic heterocycles. The van der Waals surface area contributed by atoms with Gasteiger partial charge in [0.15, 0.2) is 0 Å². The van der Waals surface area contributed by atoms with E-state index in [4.69, 9.17) is 17.3 Å². The van der Waals surface area contributed by atoms with Gasteiger partial charge in [0.2, 0.25) is 5.60 Å². The molecule has 2 nitrogen and oxygen atoms in total. The quantitative estimate of drug-likeness (QED) is 0.850. The van der Waals surface area contributed by atoms with Crippen LogP contribution in [0.4, 0.5) is 13.2 Å². The number of hydrogen-bond donors (Lipinski definition) is 2. The lowest BCUT2D eigenvalue weighted by molar-refractivity contribution is -0.272. The van der Waals surface area contributed by atoms with Crippen molar-refractivity contribution in [2.24, 2.45) is 5.73 Å². The Morgan fingerprint density at radius 2 is 1.94 bits per heavy atom. The molecule has 0 fully saturated rings. The Kier molecular flexibility index (Phi) is 3.52. The predicted molar refractivity (Wildman–Crippen MR) is 55.1 cm³/mol. The second-order valence-electron chi connectivity index (χ2n) is 3.56. The molecule has 1 rings (SSSR count). The summed E-state index contributed by atoms with van der Waals surface area (Å²) in [6.07, 6.45) is -4.86. The molecular formula is C10H11ClF3NO. The second-order valence-corrected chi connectivity index (χ2v) is 4.00. The summed E-state index contributed by atoms with van der Waals surface area (Å²) in [5, 5.41) is 9.82. The molecule has 0 aromatic heterocycles. The minimum atomic E-state index is -4.86. The summed E-state index contributed by atoms with van der Waals surface area (Å²) in [5.41, 5.74) is 1.78. The molecule has 90 valence electrons. The van der Waals surface area contributed by atoms with E-state index in [-0.39, 0.29) is 10.6 Å². The van der Waals surface area contributed by atoms with Crippen molar-refractivity contribution >= 4 is 11.6 Å². The first kappa shape index (κ1) is 13.3. The lowest BCUT2D eigenvalue weighted by atomic mass is 9.87. The Balaban J connectivity index is 3.34. The molecule has 6 heteroatoms. The van der Waals surface area contributed by atoms with E-state index < -0.39 is 17.8 Å². The molecule has 0 heterocycles. The Labute approximate surface area is 95.8 Å². The summed E-state index contributed by atoms with van der Waals surface area (Å²) >= 11 is 5.59. The summed E-state index contributed by atoms with van der Waals surface area (Å²) in [6.45, 7) is 1.09. The van der Waals surface area contributed by atoms with Crippen molar-refractivity contribution in [1.82, 2.24) is 0 Å². The van der Waals surface area contributed by atoms with Crippen molar-refractivity contribution < 1.29 is 18.3 Å². The first-order valence-corrected chi connectivity index (χ1v) is 4.88. The maximum absolute atomic E-state index is 12.8. The zero-order chi connectivity index (χ0) is 12.6. The third-order valence-electron chi connectivity index (χ3n) is 2.36. The van der Waals surface area contributed by atoms with Gasteiger partial charge < -0.3 is 10.8 Å². The molecule has 16 heavy (non-hydrogen) atoms. The summed E-state index contributed by atoms with van der Waals surface area (Å²) < 4.78 is 38.4. The number of halogens is 4. The van der Waals surface area contributed by atoms with Gasteiger partial charge in [-0.1, -0.05) is 23.7 Å². The highest BCUT2D eigenvalue weighted by Crippen LogP contribution is 2.41. The smallest absolute Gasteiger partial charge is 0.375 e. The number of hydrogen-bond acceptors (Lipinski definition) is 2. The molecule has 2 unspecified atom stereocenters. The molecule has 1 aromatic rings. The van der Waals surface area contributed by atoms with Gasteiger partial charge in [0.05, 0.1) is 0 Å². The van der Waals surface area contributed by atoms with Crippen molar-refractivity contribution in [3.8, 4) is 0 Å². The van der Waals surface area contributed by atoms with Gasteiger partial charge in [-0.05, 0) is 24.6 Å². The van der Waals surface area contributed by atoms with Crippen LogP contribution in [0.2, 0.25) is 5.02 Å². The van der Waals surface area contributed by atoms with E-state index in [2.05, 4.69) is 0 Å². The van der Waals surface area contributed by atoms with Crippen LogP contribution in [0.3, 0.4) is 0 Å². The Morgan fingerprint density at radius 3 is 2.31 bits per heavy atom. The minimum Gasteiger partial charge on any atom is -0.375 e. The number of nitrogens with two attached hydrogens (primary N) is 1. The highest BCUT2D eigenvalue weighted by atomic mass is 35.5. The minimum absolute atomic E-state index is 0.112. The average molecular weight is 254 g/mol. The molecular weight excluding hydrogens is 243 g/mol. The van der Waals surface area contributed by atoms with Crippen LogP contribution in [-0.4, -0.2) is 17.3 Å². The van der Waals surface area contributed by atoms with E-state index in [0.717, 1.165) is 19.1 Å². The van der Waals surface area contributed by atoms with Crippen LogP contribution in [0.25, 0.3) is 0 Å². The predicted octanol–water partition coefficient (Wildman–Crippen LogP) is 2.44. The Morgan fingerprint density at radius 1 is 1.38 bits per heavy atom. The van der Waals surface area contributed by atoms with Crippen molar-refractivity contribution in [2.45, 2.75) is 24.7 Å². The first-order valence-electron chi connectivity index (χ1n) is 4.50. The van der Waals surface area contributed by atoms with Crippen LogP contribution < -0.4 is 5.73 Å². The molecule has 2 atom stereocenters. The maximum atomic E-state index is 12.8. The molecule has 1 aromatic carbocycles. The van der Waals surface area contributed by atoms with Crippen LogP contribution in [-0.2, 0) is 5.60 Å². The number of rotatable bonds is 2. The van der Waals surface area contributed by atoms with Crippen molar-refractivity contribution in [3.05, 3.63) is 34.9 Å². The molecule has 0 aliphatic carbocycles. The van der Waals surface area contributed by atoms with Crippen molar-refractivity contribution in [2.75, 3.05) is 0 Å². The normalized spacial score (nSPS) is 17.9. The van der Waals surface area contributed by atoms with Gasteiger partial charge >= 0.3 is 6.18 Å². The number of aliphatic hydroxyl groups is 1. The molecule has 3 N–H and O–H groups in total. The van der Waals surface area contributed by atoms with Crippen LogP contribution >= 0.6 is 11.6 Å². The summed E-state index contributed by atoms with van der Waals surface area (Å²) in [7, 11) is 0. The van der Waals surface area contributed by atoms with E-state index in [1.807, 2.05) is 0 Å². The molecule has 0 amide bonds. The van der Waals surface area contributed by atoms with Crippen molar-refractivity contribution in [1.29, 1.82) is 0 Å². The van der Waals surface area contributed by atoms with E-state index in [1.54, 1.807) is 0 Å². The third kappa shape index (κ3) is 2.16. The van der Waals surface area contributed by atoms with Gasteiger partial charge in [0.25, 0.3) is 0 Å². The van der Waals surface area contributed by atoms with Crippen LogP contribution in [0, 0.1) is 0 Å². The molecule has 0 radical (unpaired) electrons. The van der Waals surface area contributed by atoms with E-state index in [0.29, 0.717) is 0 Å². The SMILES string of the molecule is CC(N)C(O)(c1cccc(Cl)c1)C(F)(F)F. The van der Waals surface area contributed by atoms with Gasteiger partial charge in [-0.3, -0.25) is 0 Å². The van der Waals surface area contributed by atoms with E-state index >= 15 is 0 Å². The molecule has 0 saturated carbocycles. The number of alkyl halides is 3. The lowest BCUT2D eigenvalue weighted by Gasteiger charge is -2.34. The Hall–Kier alpha value is -0.780. The van der Waals surface area contributed by atoms with Crippen LogP contribution in [0.5, 0.6) is 0 Å². The fourth-order valence-corrected chi connectivity index (χ4v) is 1.60. The van der Waals surface area contributed by atoms with E-state index in [9.17, 15) is 18.3 Å². The number of benzene rings is 1. The zero-order valence-electron chi connectivity index (χ0n) is 8.42. The fraction of sp³-hybridized carbons (Fsp3) is 0.400. The Bertz CT molecular complexity index is 381. The van der Waals surface area contributed by atoms with Gasteiger partial charge in [-0.25, -0.2) is 0 Å². The molecule has 0 spiro atoms. The summed E-state index contributed by atoms with van der Waals surface area (Å²) in [4.78, 5) is 0.